The van der Waals surface area contributed by atoms with E-state index in [-0.39, 0.29) is 5.91 Å². The number of aryl methyl sites for hydroxylation is 1. The molecule has 3 rings (SSSR count). The summed E-state index contributed by atoms with van der Waals surface area (Å²) in [5, 5.41) is 1.83. The van der Waals surface area contributed by atoms with E-state index in [0.717, 1.165) is 31.6 Å². The second-order valence-electron chi connectivity index (χ2n) is 5.65. The Morgan fingerprint density at radius 2 is 2.33 bits per heavy atom. The minimum absolute atomic E-state index is 0.0722. The molecule has 0 radical (unpaired) electrons. The van der Waals surface area contributed by atoms with Crippen molar-refractivity contribution in [1.82, 2.24) is 14.9 Å². The summed E-state index contributed by atoms with van der Waals surface area (Å²) in [6.07, 6.45) is 5.19. The Kier molecular flexibility index (Phi) is 4.29. The van der Waals surface area contributed by atoms with E-state index in [9.17, 15) is 4.79 Å². The average molecular weight is 301 g/mol. The van der Waals surface area contributed by atoms with Crippen molar-refractivity contribution in [2.75, 3.05) is 13.1 Å². The van der Waals surface area contributed by atoms with Gasteiger partial charge in [0.05, 0.1) is 5.51 Å². The van der Waals surface area contributed by atoms with Crippen molar-refractivity contribution >= 4 is 17.2 Å². The van der Waals surface area contributed by atoms with E-state index < -0.39 is 0 Å². The van der Waals surface area contributed by atoms with Gasteiger partial charge in [-0.15, -0.1) is 11.3 Å². The van der Waals surface area contributed by atoms with Crippen LogP contribution >= 0.6 is 11.3 Å². The first-order chi connectivity index (χ1) is 10.2. The molecule has 1 saturated heterocycles. The van der Waals surface area contributed by atoms with Gasteiger partial charge >= 0.3 is 0 Å². The highest BCUT2D eigenvalue weighted by atomic mass is 32.1. The molecule has 2 aromatic heterocycles. The Hall–Kier alpha value is -1.75. The molecule has 21 heavy (non-hydrogen) atoms. The lowest BCUT2D eigenvalue weighted by molar-refractivity contribution is 0.0668. The Bertz CT molecular complexity index is 594. The number of aromatic nitrogens is 2. The number of nitrogens with zero attached hydrogens (tertiary/aromatic N) is 3. The lowest BCUT2D eigenvalue weighted by Crippen LogP contribution is -2.40. The third kappa shape index (κ3) is 3.47. The maximum atomic E-state index is 12.4. The molecule has 0 saturated carbocycles. The number of piperidine rings is 1. The van der Waals surface area contributed by atoms with E-state index in [1.807, 2.05) is 23.4 Å². The van der Waals surface area contributed by atoms with Crippen LogP contribution in [0.2, 0.25) is 0 Å². The van der Waals surface area contributed by atoms with Gasteiger partial charge in [0.1, 0.15) is 5.69 Å². The second kappa shape index (κ2) is 6.35. The fraction of sp³-hybridized carbons (Fsp3) is 0.438. The standard InChI is InChI=1S/C16H19N3OS/c1-12-4-5-13(8-17-12)7-14-3-2-6-19(9-14)16(20)15-10-21-11-18-15/h4-5,8,10-11,14H,2-3,6-7,9H2,1H3/t14-/m1/s1. The molecule has 1 aliphatic rings. The first-order valence-electron chi connectivity index (χ1n) is 7.31. The average Bonchev–Trinajstić information content (AvgIpc) is 3.03. The minimum Gasteiger partial charge on any atom is -0.337 e. The van der Waals surface area contributed by atoms with Crippen molar-refractivity contribution < 1.29 is 4.79 Å². The van der Waals surface area contributed by atoms with Crippen LogP contribution in [0.3, 0.4) is 0 Å². The van der Waals surface area contributed by atoms with Crippen molar-refractivity contribution in [2.45, 2.75) is 26.2 Å². The SMILES string of the molecule is Cc1ccc(C[C@H]2CCCN(C(=O)c3cscn3)C2)cn1. The molecule has 1 aliphatic heterocycles. The van der Waals surface area contributed by atoms with Gasteiger partial charge in [-0.05, 0) is 43.7 Å². The quantitative estimate of drug-likeness (QED) is 0.875. The van der Waals surface area contributed by atoms with Crippen molar-refractivity contribution in [1.29, 1.82) is 0 Å². The molecule has 1 fully saturated rings. The van der Waals surface area contributed by atoms with Gasteiger partial charge in [-0.3, -0.25) is 9.78 Å². The zero-order valence-corrected chi connectivity index (χ0v) is 13.0. The highest BCUT2D eigenvalue weighted by molar-refractivity contribution is 7.07. The number of carbonyl (C=O) groups is 1. The molecule has 4 nitrogen and oxygen atoms in total. The lowest BCUT2D eigenvalue weighted by atomic mass is 9.91. The zero-order valence-electron chi connectivity index (χ0n) is 12.2. The fourth-order valence-corrected chi connectivity index (χ4v) is 3.37. The van der Waals surface area contributed by atoms with Crippen molar-refractivity contribution in [3.05, 3.63) is 46.2 Å². The summed E-state index contributed by atoms with van der Waals surface area (Å²) in [5.41, 5.74) is 4.60. The van der Waals surface area contributed by atoms with Crippen LogP contribution in [0.1, 0.15) is 34.6 Å². The van der Waals surface area contributed by atoms with Crippen molar-refractivity contribution in [3.8, 4) is 0 Å². The number of hydrogen-bond donors (Lipinski definition) is 0. The molecule has 2 aromatic rings. The van der Waals surface area contributed by atoms with Gasteiger partial charge in [-0.2, -0.15) is 0 Å². The molecule has 0 aliphatic carbocycles. The van der Waals surface area contributed by atoms with Crippen LogP contribution in [0, 0.1) is 12.8 Å². The lowest BCUT2D eigenvalue weighted by Gasteiger charge is -2.32. The summed E-state index contributed by atoms with van der Waals surface area (Å²) in [5.74, 6) is 0.592. The number of thiazole rings is 1. The van der Waals surface area contributed by atoms with Crippen LogP contribution in [0.5, 0.6) is 0 Å². The van der Waals surface area contributed by atoms with Crippen molar-refractivity contribution in [3.63, 3.8) is 0 Å². The molecule has 0 unspecified atom stereocenters. The Labute approximate surface area is 128 Å². The molecule has 0 N–H and O–H groups in total. The van der Waals surface area contributed by atoms with Crippen LogP contribution < -0.4 is 0 Å². The van der Waals surface area contributed by atoms with Gasteiger partial charge in [0.25, 0.3) is 5.91 Å². The topological polar surface area (TPSA) is 46.1 Å². The molecule has 3 heterocycles. The van der Waals surface area contributed by atoms with Gasteiger partial charge in [-0.25, -0.2) is 4.98 Å². The molecule has 1 amide bonds. The van der Waals surface area contributed by atoms with E-state index in [0.29, 0.717) is 11.6 Å². The highest BCUT2D eigenvalue weighted by Gasteiger charge is 2.25. The molecule has 110 valence electrons. The van der Waals surface area contributed by atoms with Crippen LogP contribution in [-0.4, -0.2) is 33.9 Å². The maximum Gasteiger partial charge on any atom is 0.273 e. The number of rotatable bonds is 3. The predicted molar refractivity (Wildman–Crippen MR) is 83.4 cm³/mol. The van der Waals surface area contributed by atoms with E-state index in [1.54, 1.807) is 5.51 Å². The maximum absolute atomic E-state index is 12.4. The normalized spacial score (nSPS) is 18.7. The monoisotopic (exact) mass is 301 g/mol. The van der Waals surface area contributed by atoms with Crippen LogP contribution in [-0.2, 0) is 6.42 Å². The van der Waals surface area contributed by atoms with Gasteiger partial charge in [0.2, 0.25) is 0 Å². The fourth-order valence-electron chi connectivity index (χ4n) is 2.85. The molecule has 0 aromatic carbocycles. The number of hydrogen-bond acceptors (Lipinski definition) is 4. The minimum atomic E-state index is 0.0722. The second-order valence-corrected chi connectivity index (χ2v) is 6.36. The summed E-state index contributed by atoms with van der Waals surface area (Å²) in [6, 6.07) is 4.19. The molecular weight excluding hydrogens is 282 g/mol. The van der Waals surface area contributed by atoms with E-state index >= 15 is 0 Å². The Morgan fingerprint density at radius 1 is 1.43 bits per heavy atom. The number of amides is 1. The summed E-state index contributed by atoms with van der Waals surface area (Å²) in [6.45, 7) is 3.67. The molecule has 1 atom stereocenters. The summed E-state index contributed by atoms with van der Waals surface area (Å²) in [4.78, 5) is 22.8. The Morgan fingerprint density at radius 3 is 3.05 bits per heavy atom. The van der Waals surface area contributed by atoms with Crippen LogP contribution in [0.15, 0.2) is 29.2 Å². The smallest absolute Gasteiger partial charge is 0.273 e. The number of likely N-dealkylation sites (tertiary alicyclic amines) is 1. The Balaban J connectivity index is 1.63. The van der Waals surface area contributed by atoms with E-state index in [1.165, 1.54) is 23.3 Å². The molecule has 0 spiro atoms. The largest absolute Gasteiger partial charge is 0.337 e. The van der Waals surface area contributed by atoms with E-state index in [2.05, 4.69) is 22.1 Å². The first kappa shape index (κ1) is 14.2. The predicted octanol–water partition coefficient (Wildman–Crippen LogP) is 2.94. The van der Waals surface area contributed by atoms with Crippen molar-refractivity contribution in [2.24, 2.45) is 5.92 Å². The van der Waals surface area contributed by atoms with Crippen LogP contribution in [0.4, 0.5) is 0 Å². The molecular formula is C16H19N3OS. The number of carbonyl (C=O) groups excluding carboxylic acids is 1. The zero-order chi connectivity index (χ0) is 14.7. The van der Waals surface area contributed by atoms with Gasteiger partial charge in [-0.1, -0.05) is 6.07 Å². The van der Waals surface area contributed by atoms with Gasteiger partial charge < -0.3 is 4.90 Å². The number of pyridine rings is 1. The van der Waals surface area contributed by atoms with Crippen LogP contribution in [0.25, 0.3) is 0 Å². The third-order valence-corrected chi connectivity index (χ3v) is 4.54. The molecule has 5 heteroatoms. The molecule has 0 bridgehead atoms. The summed E-state index contributed by atoms with van der Waals surface area (Å²) < 4.78 is 0. The summed E-state index contributed by atoms with van der Waals surface area (Å²) in [7, 11) is 0. The first-order valence-corrected chi connectivity index (χ1v) is 8.25. The van der Waals surface area contributed by atoms with Gasteiger partial charge in [0, 0.05) is 30.4 Å². The highest BCUT2D eigenvalue weighted by Crippen LogP contribution is 2.22. The third-order valence-electron chi connectivity index (χ3n) is 3.95. The summed E-state index contributed by atoms with van der Waals surface area (Å²) >= 11 is 1.47. The van der Waals surface area contributed by atoms with E-state index in [4.69, 9.17) is 0 Å². The van der Waals surface area contributed by atoms with Gasteiger partial charge in [0.15, 0.2) is 0 Å².